The number of Topliss-reactive ketones (excluding diaryl/α,β-unsaturated/α-hetero) is 3. The number of fused-ring (bicyclic) bond motifs is 2. The van der Waals surface area contributed by atoms with Gasteiger partial charge in [-0.1, -0.05) is 41.5 Å². The number of carbonyl (C=O) groups excluding carboxylic acids is 3. The molecule has 3 atom stereocenters. The molecular weight excluding hydrogens is 432 g/mol. The second-order valence-corrected chi connectivity index (χ2v) is 9.64. The highest BCUT2D eigenvalue weighted by molar-refractivity contribution is 9.12. The van der Waals surface area contributed by atoms with Crippen molar-refractivity contribution in [3.05, 3.63) is 79.8 Å². The summed E-state index contributed by atoms with van der Waals surface area (Å²) in [5.74, 6) is -0.370. The number of aryl methyl sites for hydroxylation is 2. The number of hydrogen-bond donors (Lipinski definition) is 0. The maximum absolute atomic E-state index is 13.9. The highest BCUT2D eigenvalue weighted by Gasteiger charge is 2.91. The van der Waals surface area contributed by atoms with Crippen molar-refractivity contribution in [2.45, 2.75) is 38.4 Å². The van der Waals surface area contributed by atoms with Gasteiger partial charge in [-0.05, 0) is 54.8 Å². The van der Waals surface area contributed by atoms with Crippen LogP contribution in [0, 0.1) is 19.3 Å². The van der Waals surface area contributed by atoms with Crippen molar-refractivity contribution in [3.8, 4) is 0 Å². The van der Waals surface area contributed by atoms with E-state index < -0.39 is 16.6 Å². The van der Waals surface area contributed by atoms with E-state index in [2.05, 4.69) is 15.9 Å². The molecule has 2 aromatic rings. The summed E-state index contributed by atoms with van der Waals surface area (Å²) in [6.45, 7) is 5.67. The second kappa shape index (κ2) is 4.85. The van der Waals surface area contributed by atoms with Crippen molar-refractivity contribution in [2.75, 3.05) is 0 Å². The summed E-state index contributed by atoms with van der Waals surface area (Å²) in [7, 11) is 0. The summed E-state index contributed by atoms with van der Waals surface area (Å²) < 4.78 is 6.82. The number of halogens is 1. The van der Waals surface area contributed by atoms with Gasteiger partial charge in [-0.25, -0.2) is 0 Å². The third-order valence-electron chi connectivity index (χ3n) is 7.24. The molecule has 2 aromatic carbocycles. The first kappa shape index (κ1) is 17.5. The molecule has 2 fully saturated rings. The zero-order valence-electron chi connectivity index (χ0n) is 16.2. The Kier molecular flexibility index (Phi) is 2.92. The number of benzene rings is 2. The summed E-state index contributed by atoms with van der Waals surface area (Å²) in [6, 6.07) is 11.0. The fourth-order valence-corrected chi connectivity index (χ4v) is 6.48. The van der Waals surface area contributed by atoms with Crippen LogP contribution in [0.3, 0.4) is 0 Å². The Balaban J connectivity index is 1.71. The highest BCUT2D eigenvalue weighted by Crippen LogP contribution is 2.79. The maximum Gasteiger partial charge on any atom is 0.200 e. The van der Waals surface area contributed by atoms with E-state index in [1.54, 1.807) is 18.2 Å². The third-order valence-corrected chi connectivity index (χ3v) is 8.08. The number of ether oxygens (including phenoxy) is 1. The van der Waals surface area contributed by atoms with Gasteiger partial charge in [0.2, 0.25) is 0 Å². The summed E-state index contributed by atoms with van der Waals surface area (Å²) in [5.41, 5.74) is 1.35. The molecule has 2 spiro atoms. The molecule has 1 saturated heterocycles. The zero-order valence-corrected chi connectivity index (χ0v) is 17.8. The van der Waals surface area contributed by atoms with Gasteiger partial charge in [0.25, 0.3) is 0 Å². The Morgan fingerprint density at radius 2 is 1.55 bits per heavy atom. The topological polar surface area (TPSA) is 63.7 Å². The average molecular weight is 449 g/mol. The molecule has 3 aliphatic carbocycles. The van der Waals surface area contributed by atoms with Crippen LogP contribution in [0.4, 0.5) is 0 Å². The quantitative estimate of drug-likeness (QED) is 0.552. The molecule has 1 aliphatic heterocycles. The molecule has 1 saturated carbocycles. The van der Waals surface area contributed by atoms with E-state index in [0.29, 0.717) is 38.7 Å². The van der Waals surface area contributed by atoms with Gasteiger partial charge in [0.15, 0.2) is 28.6 Å². The van der Waals surface area contributed by atoms with Gasteiger partial charge < -0.3 is 4.74 Å². The molecule has 4 nitrogen and oxygen atoms in total. The normalized spacial score (nSPS) is 33.7. The Bertz CT molecular complexity index is 1270. The lowest BCUT2D eigenvalue weighted by Crippen LogP contribution is -2.51. The highest BCUT2D eigenvalue weighted by atomic mass is 79.9. The molecule has 1 heterocycles. The monoisotopic (exact) mass is 448 g/mol. The Morgan fingerprint density at radius 1 is 0.897 bits per heavy atom. The van der Waals surface area contributed by atoms with Crippen LogP contribution in [0.5, 0.6) is 0 Å². The number of hydrogen-bond acceptors (Lipinski definition) is 4. The third kappa shape index (κ3) is 1.60. The molecule has 144 valence electrons. The van der Waals surface area contributed by atoms with Gasteiger partial charge in [-0.3, -0.25) is 14.4 Å². The van der Waals surface area contributed by atoms with Crippen molar-refractivity contribution in [3.63, 3.8) is 0 Å². The summed E-state index contributed by atoms with van der Waals surface area (Å²) in [6.07, 6.45) is 0.324. The maximum atomic E-state index is 13.9. The molecule has 29 heavy (non-hydrogen) atoms. The molecule has 0 bridgehead atoms. The molecular formula is C24H17BrO4. The van der Waals surface area contributed by atoms with Crippen molar-refractivity contribution in [1.82, 2.24) is 0 Å². The van der Waals surface area contributed by atoms with Gasteiger partial charge in [-0.2, -0.15) is 0 Å². The van der Waals surface area contributed by atoms with Gasteiger partial charge in [-0.15, -0.1) is 0 Å². The second-order valence-electron chi connectivity index (χ2n) is 8.85. The lowest BCUT2D eigenvalue weighted by atomic mass is 9.62. The van der Waals surface area contributed by atoms with Crippen LogP contribution in [0.1, 0.15) is 61.1 Å². The molecule has 0 radical (unpaired) electrons. The van der Waals surface area contributed by atoms with Crippen LogP contribution in [0.2, 0.25) is 0 Å². The van der Waals surface area contributed by atoms with Crippen LogP contribution in [-0.4, -0.2) is 23.0 Å². The van der Waals surface area contributed by atoms with Gasteiger partial charge in [0.1, 0.15) is 0 Å². The number of carbonyl (C=O) groups is 3. The fourth-order valence-electron chi connectivity index (χ4n) is 5.85. The minimum Gasteiger partial charge on any atom is -0.343 e. The Labute approximate surface area is 176 Å². The number of epoxide rings is 1. The van der Waals surface area contributed by atoms with Gasteiger partial charge in [0.05, 0.1) is 9.90 Å². The smallest absolute Gasteiger partial charge is 0.200 e. The van der Waals surface area contributed by atoms with Crippen molar-refractivity contribution in [1.29, 1.82) is 0 Å². The lowest BCUT2D eigenvalue weighted by molar-refractivity contribution is 0.0482. The summed E-state index contributed by atoms with van der Waals surface area (Å²) in [4.78, 5) is 40.6. The van der Waals surface area contributed by atoms with E-state index in [1.165, 1.54) is 0 Å². The van der Waals surface area contributed by atoms with Crippen LogP contribution >= 0.6 is 15.9 Å². The van der Waals surface area contributed by atoms with Crippen LogP contribution in [-0.2, 0) is 10.3 Å². The Morgan fingerprint density at radius 3 is 2.28 bits per heavy atom. The Hall–Kier alpha value is -2.37. The predicted octanol–water partition coefficient (Wildman–Crippen LogP) is 4.60. The van der Waals surface area contributed by atoms with Crippen molar-refractivity contribution >= 4 is 33.3 Å². The van der Waals surface area contributed by atoms with Crippen molar-refractivity contribution in [2.24, 2.45) is 5.41 Å². The minimum atomic E-state index is -1.29. The van der Waals surface area contributed by atoms with Gasteiger partial charge >= 0.3 is 0 Å². The first-order valence-corrected chi connectivity index (χ1v) is 10.4. The van der Waals surface area contributed by atoms with E-state index in [4.69, 9.17) is 4.74 Å². The van der Waals surface area contributed by atoms with Gasteiger partial charge in [0, 0.05) is 22.3 Å². The van der Waals surface area contributed by atoms with Crippen molar-refractivity contribution < 1.29 is 19.1 Å². The summed E-state index contributed by atoms with van der Waals surface area (Å²) >= 11 is 3.48. The van der Waals surface area contributed by atoms with E-state index in [0.717, 1.165) is 11.1 Å². The average Bonchev–Trinajstić information content (AvgIpc) is 3.34. The standard InChI is InChI=1S/C24H17BrO4/c1-11-4-6-13-15(8-11)20(27)22(3)10-17-18(25)19(26)14-7-5-12(2)9-16(14)23(17)24(22,29-23)21(13)28/h4-9H,10H2,1-3H3/t22-,23-,24+/m0/s1. The number of allylic oxidation sites excluding steroid dienone is 1. The molecule has 6 rings (SSSR count). The minimum absolute atomic E-state index is 0.0865. The largest absolute Gasteiger partial charge is 0.343 e. The molecule has 0 unspecified atom stereocenters. The van der Waals surface area contributed by atoms with Crippen LogP contribution in [0.25, 0.3) is 0 Å². The van der Waals surface area contributed by atoms with Crippen LogP contribution < -0.4 is 0 Å². The SMILES string of the molecule is Cc1ccc2c(c1)C(=O)[C@]1(C)CC3=C(Br)C(=O)c4ccc(C)cc4[C@]34O[C@]14C2=O. The van der Waals surface area contributed by atoms with E-state index in [9.17, 15) is 14.4 Å². The van der Waals surface area contributed by atoms with E-state index in [-0.39, 0.29) is 17.3 Å². The van der Waals surface area contributed by atoms with Crippen LogP contribution in [0.15, 0.2) is 46.5 Å². The molecule has 0 amide bonds. The fraction of sp³-hybridized carbons (Fsp3) is 0.292. The first-order valence-electron chi connectivity index (χ1n) is 9.64. The molecule has 0 N–H and O–H groups in total. The van der Waals surface area contributed by atoms with E-state index >= 15 is 0 Å². The molecule has 0 aromatic heterocycles. The number of ketones is 3. The van der Waals surface area contributed by atoms with E-state index in [1.807, 2.05) is 39.0 Å². The number of rotatable bonds is 0. The molecule has 4 aliphatic rings. The molecule has 5 heteroatoms. The first-order chi connectivity index (χ1) is 13.7. The lowest BCUT2D eigenvalue weighted by Gasteiger charge is -2.35. The summed E-state index contributed by atoms with van der Waals surface area (Å²) in [5, 5.41) is 0. The predicted molar refractivity (Wildman–Crippen MR) is 110 cm³/mol. The zero-order chi connectivity index (χ0) is 20.5.